The van der Waals surface area contributed by atoms with E-state index in [1.54, 1.807) is 17.0 Å². The van der Waals surface area contributed by atoms with Crippen LogP contribution in [0.15, 0.2) is 24.3 Å². The van der Waals surface area contributed by atoms with Crippen LogP contribution in [0.1, 0.15) is 50.5 Å². The summed E-state index contributed by atoms with van der Waals surface area (Å²) in [7, 11) is 0. The SMILES string of the molecule is NC(Cc1ccc(Cl)cc1)C(=O)N1CCC(C(=O)O)(C2CCCCC2)CC1. The molecule has 0 bridgehead atoms. The maximum atomic E-state index is 12.8. The van der Waals surface area contributed by atoms with Crippen molar-refractivity contribution in [1.29, 1.82) is 0 Å². The zero-order valence-electron chi connectivity index (χ0n) is 15.7. The first-order valence-electron chi connectivity index (χ1n) is 9.94. The second kappa shape index (κ2) is 8.61. The van der Waals surface area contributed by atoms with Crippen molar-refractivity contribution < 1.29 is 14.7 Å². The van der Waals surface area contributed by atoms with Crippen molar-refractivity contribution in [2.75, 3.05) is 13.1 Å². The summed E-state index contributed by atoms with van der Waals surface area (Å²) in [6.07, 6.45) is 6.96. The second-order valence-electron chi connectivity index (χ2n) is 8.06. The lowest BCUT2D eigenvalue weighted by atomic mass is 9.64. The Hall–Kier alpha value is -1.59. The lowest BCUT2D eigenvalue weighted by molar-refractivity contribution is -0.160. The van der Waals surface area contributed by atoms with Crippen molar-refractivity contribution >= 4 is 23.5 Å². The van der Waals surface area contributed by atoms with Gasteiger partial charge in [0.15, 0.2) is 0 Å². The Labute approximate surface area is 165 Å². The molecule has 1 heterocycles. The molecule has 1 aliphatic carbocycles. The molecule has 3 N–H and O–H groups in total. The second-order valence-corrected chi connectivity index (χ2v) is 8.50. The average Bonchev–Trinajstić information content (AvgIpc) is 2.69. The zero-order valence-corrected chi connectivity index (χ0v) is 16.5. The number of likely N-dealkylation sites (tertiary alicyclic amines) is 1. The average molecular weight is 393 g/mol. The molecule has 6 heteroatoms. The first-order chi connectivity index (χ1) is 12.9. The molecular formula is C21H29ClN2O3. The van der Waals surface area contributed by atoms with E-state index in [-0.39, 0.29) is 11.8 Å². The maximum absolute atomic E-state index is 12.8. The molecule has 2 fully saturated rings. The van der Waals surface area contributed by atoms with E-state index in [4.69, 9.17) is 17.3 Å². The van der Waals surface area contributed by atoms with Crippen LogP contribution in [-0.2, 0) is 16.0 Å². The van der Waals surface area contributed by atoms with Crippen LogP contribution in [-0.4, -0.2) is 41.0 Å². The van der Waals surface area contributed by atoms with Crippen molar-refractivity contribution in [3.63, 3.8) is 0 Å². The number of amides is 1. The number of aliphatic carboxylic acids is 1. The predicted molar refractivity (Wildman–Crippen MR) is 106 cm³/mol. The highest BCUT2D eigenvalue weighted by atomic mass is 35.5. The molecular weight excluding hydrogens is 364 g/mol. The van der Waals surface area contributed by atoms with Gasteiger partial charge in [0.25, 0.3) is 0 Å². The van der Waals surface area contributed by atoms with Crippen molar-refractivity contribution in [2.45, 2.75) is 57.4 Å². The van der Waals surface area contributed by atoms with Gasteiger partial charge in [-0.25, -0.2) is 0 Å². The van der Waals surface area contributed by atoms with Crippen LogP contribution in [0.4, 0.5) is 0 Å². The number of carbonyl (C=O) groups is 2. The van der Waals surface area contributed by atoms with Gasteiger partial charge in [0.2, 0.25) is 5.91 Å². The van der Waals surface area contributed by atoms with Crippen molar-refractivity contribution in [1.82, 2.24) is 4.90 Å². The van der Waals surface area contributed by atoms with E-state index in [2.05, 4.69) is 0 Å². The van der Waals surface area contributed by atoms with Crippen LogP contribution in [0.3, 0.4) is 0 Å². The Kier molecular flexibility index (Phi) is 6.43. The van der Waals surface area contributed by atoms with Crippen molar-refractivity contribution in [2.24, 2.45) is 17.1 Å². The zero-order chi connectivity index (χ0) is 19.4. The molecule has 1 aliphatic heterocycles. The topological polar surface area (TPSA) is 83.6 Å². The van der Waals surface area contributed by atoms with E-state index in [1.165, 1.54) is 6.42 Å². The number of hydrogen-bond donors (Lipinski definition) is 2. The van der Waals surface area contributed by atoms with Gasteiger partial charge in [-0.2, -0.15) is 0 Å². The van der Waals surface area contributed by atoms with Gasteiger partial charge in [0.1, 0.15) is 0 Å². The minimum absolute atomic E-state index is 0.0902. The minimum atomic E-state index is -0.688. The Bertz CT molecular complexity index is 663. The van der Waals surface area contributed by atoms with Crippen LogP contribution in [0, 0.1) is 11.3 Å². The maximum Gasteiger partial charge on any atom is 0.310 e. The largest absolute Gasteiger partial charge is 0.481 e. The van der Waals surface area contributed by atoms with E-state index in [9.17, 15) is 14.7 Å². The number of carbonyl (C=O) groups excluding carboxylic acids is 1. The van der Waals surface area contributed by atoms with Gasteiger partial charge in [-0.05, 0) is 55.7 Å². The van der Waals surface area contributed by atoms with Gasteiger partial charge < -0.3 is 15.7 Å². The number of carboxylic acids is 1. The number of rotatable bonds is 5. The van der Waals surface area contributed by atoms with Crippen molar-refractivity contribution in [3.8, 4) is 0 Å². The minimum Gasteiger partial charge on any atom is -0.481 e. The molecule has 1 atom stereocenters. The Morgan fingerprint density at radius 2 is 1.74 bits per heavy atom. The first-order valence-corrected chi connectivity index (χ1v) is 10.3. The monoisotopic (exact) mass is 392 g/mol. The fraction of sp³-hybridized carbons (Fsp3) is 0.619. The van der Waals surface area contributed by atoms with Gasteiger partial charge >= 0.3 is 5.97 Å². The third kappa shape index (κ3) is 4.46. The highest BCUT2D eigenvalue weighted by Gasteiger charge is 2.48. The quantitative estimate of drug-likeness (QED) is 0.803. The molecule has 1 amide bonds. The summed E-state index contributed by atoms with van der Waals surface area (Å²) < 4.78 is 0. The fourth-order valence-electron chi connectivity index (χ4n) is 4.77. The lowest BCUT2D eigenvalue weighted by Crippen LogP contribution is -2.53. The Morgan fingerprint density at radius 3 is 2.30 bits per heavy atom. The fourth-order valence-corrected chi connectivity index (χ4v) is 4.90. The molecule has 5 nitrogen and oxygen atoms in total. The Morgan fingerprint density at radius 1 is 1.15 bits per heavy atom. The molecule has 2 aliphatic rings. The van der Waals surface area contributed by atoms with Crippen LogP contribution in [0.25, 0.3) is 0 Å². The number of carboxylic acid groups (broad SMARTS) is 1. The third-order valence-corrected chi connectivity index (χ3v) is 6.72. The number of nitrogens with two attached hydrogens (primary N) is 1. The molecule has 1 aromatic carbocycles. The predicted octanol–water partition coefficient (Wildman–Crippen LogP) is 3.48. The summed E-state index contributed by atoms with van der Waals surface area (Å²) >= 11 is 5.89. The number of halogens is 1. The van der Waals surface area contributed by atoms with Crippen LogP contribution in [0.5, 0.6) is 0 Å². The summed E-state index contributed by atoms with van der Waals surface area (Å²) in [5, 5.41) is 10.6. The molecule has 3 rings (SSSR count). The standard InChI is InChI=1S/C21H29ClN2O3/c22-17-8-6-15(7-9-17)14-18(23)19(25)24-12-10-21(11-13-24,20(26)27)16-4-2-1-3-5-16/h6-9,16,18H,1-5,10-14,23H2,(H,26,27). The van der Waals surface area contributed by atoms with E-state index in [0.29, 0.717) is 37.4 Å². The van der Waals surface area contributed by atoms with Crippen LogP contribution >= 0.6 is 11.6 Å². The third-order valence-electron chi connectivity index (χ3n) is 6.47. The molecule has 148 valence electrons. The van der Waals surface area contributed by atoms with E-state index < -0.39 is 17.4 Å². The van der Waals surface area contributed by atoms with Gasteiger partial charge in [-0.1, -0.05) is 43.0 Å². The number of benzene rings is 1. The number of hydrogen-bond acceptors (Lipinski definition) is 3. The summed E-state index contributed by atoms with van der Waals surface area (Å²) in [6.45, 7) is 0.964. The van der Waals surface area contributed by atoms with E-state index >= 15 is 0 Å². The number of piperidine rings is 1. The summed E-state index contributed by atoms with van der Waals surface area (Å²) in [5.74, 6) is -0.539. The van der Waals surface area contributed by atoms with Gasteiger partial charge in [0, 0.05) is 18.1 Å². The van der Waals surface area contributed by atoms with Crippen molar-refractivity contribution in [3.05, 3.63) is 34.9 Å². The summed E-state index contributed by atoms with van der Waals surface area (Å²) in [6, 6.07) is 6.73. The number of nitrogens with zero attached hydrogens (tertiary/aromatic N) is 1. The van der Waals surface area contributed by atoms with Crippen LogP contribution < -0.4 is 5.73 Å². The molecule has 1 aromatic rings. The van der Waals surface area contributed by atoms with Gasteiger partial charge in [-0.3, -0.25) is 9.59 Å². The normalized spacial score (nSPS) is 21.6. The highest BCUT2D eigenvalue weighted by Crippen LogP contribution is 2.46. The van der Waals surface area contributed by atoms with E-state index in [0.717, 1.165) is 31.2 Å². The molecule has 0 radical (unpaired) electrons. The smallest absolute Gasteiger partial charge is 0.310 e. The molecule has 0 aromatic heterocycles. The van der Waals surface area contributed by atoms with E-state index in [1.807, 2.05) is 12.1 Å². The molecule has 27 heavy (non-hydrogen) atoms. The lowest BCUT2D eigenvalue weighted by Gasteiger charge is -2.45. The molecule has 1 unspecified atom stereocenters. The van der Waals surface area contributed by atoms with Gasteiger partial charge in [0.05, 0.1) is 11.5 Å². The molecule has 0 spiro atoms. The molecule has 1 saturated carbocycles. The summed E-state index contributed by atoms with van der Waals surface area (Å²) in [5.41, 5.74) is 6.45. The van der Waals surface area contributed by atoms with Crippen LogP contribution in [0.2, 0.25) is 5.02 Å². The first kappa shape index (κ1) is 20.2. The Balaban J connectivity index is 1.60. The highest BCUT2D eigenvalue weighted by molar-refractivity contribution is 6.30. The summed E-state index contributed by atoms with van der Waals surface area (Å²) in [4.78, 5) is 26.6. The molecule has 1 saturated heterocycles. The van der Waals surface area contributed by atoms with Gasteiger partial charge in [-0.15, -0.1) is 0 Å².